The predicted octanol–water partition coefficient (Wildman–Crippen LogP) is 7.23. The fourth-order valence-electron chi connectivity index (χ4n) is 3.96. The SMILES string of the molecule is CC/C(=C(\c1ccc(O)cc1)c1ccc(OCCNC(=O)OC(C)(C)C)cc1)c1ccc(CC)cc1. The number of hydrogen-bond acceptors (Lipinski definition) is 4. The quantitative estimate of drug-likeness (QED) is 0.247. The van der Waals surface area contributed by atoms with Gasteiger partial charge in [-0.05, 0) is 91.3 Å². The Bertz CT molecular complexity index is 1160. The molecule has 1 amide bonds. The van der Waals surface area contributed by atoms with Gasteiger partial charge in [0.05, 0.1) is 6.54 Å². The van der Waals surface area contributed by atoms with Crippen LogP contribution in [0.15, 0.2) is 72.8 Å². The minimum atomic E-state index is -0.529. The van der Waals surface area contributed by atoms with Crippen LogP contribution in [-0.4, -0.2) is 30.0 Å². The lowest BCUT2D eigenvalue weighted by Gasteiger charge is -2.19. The lowest BCUT2D eigenvalue weighted by atomic mass is 9.88. The van der Waals surface area contributed by atoms with E-state index in [0.717, 1.165) is 35.3 Å². The van der Waals surface area contributed by atoms with Crippen LogP contribution in [0.3, 0.4) is 0 Å². The van der Waals surface area contributed by atoms with Crippen molar-refractivity contribution >= 4 is 17.2 Å². The summed E-state index contributed by atoms with van der Waals surface area (Å²) < 4.78 is 11.1. The second-order valence-electron chi connectivity index (χ2n) is 9.61. The minimum absolute atomic E-state index is 0.243. The third-order valence-electron chi connectivity index (χ3n) is 5.70. The largest absolute Gasteiger partial charge is 0.508 e. The number of nitrogens with one attached hydrogen (secondary N) is 1. The number of aryl methyl sites for hydroxylation is 1. The molecule has 0 radical (unpaired) electrons. The Morgan fingerprint density at radius 2 is 1.39 bits per heavy atom. The number of aromatic hydroxyl groups is 1. The number of phenolic OH excluding ortho intramolecular Hbond substituents is 1. The van der Waals surface area contributed by atoms with Crippen molar-refractivity contribution in [3.8, 4) is 11.5 Å². The van der Waals surface area contributed by atoms with Gasteiger partial charge in [-0.15, -0.1) is 0 Å². The first-order valence-corrected chi connectivity index (χ1v) is 12.5. The molecule has 3 aromatic rings. The summed E-state index contributed by atoms with van der Waals surface area (Å²) in [5.41, 5.74) is 6.43. The van der Waals surface area contributed by atoms with Gasteiger partial charge in [0.25, 0.3) is 0 Å². The molecule has 0 saturated heterocycles. The lowest BCUT2D eigenvalue weighted by Crippen LogP contribution is -2.34. The molecule has 5 heteroatoms. The molecule has 36 heavy (non-hydrogen) atoms. The van der Waals surface area contributed by atoms with E-state index in [1.54, 1.807) is 12.1 Å². The number of alkyl carbamates (subject to hydrolysis) is 1. The molecule has 0 aliphatic rings. The lowest BCUT2D eigenvalue weighted by molar-refractivity contribution is 0.0520. The molecule has 0 saturated carbocycles. The molecule has 190 valence electrons. The van der Waals surface area contributed by atoms with Gasteiger partial charge in [0, 0.05) is 0 Å². The second kappa shape index (κ2) is 12.3. The van der Waals surface area contributed by atoms with E-state index in [-0.39, 0.29) is 5.75 Å². The molecule has 2 N–H and O–H groups in total. The van der Waals surface area contributed by atoms with Gasteiger partial charge in [-0.3, -0.25) is 0 Å². The van der Waals surface area contributed by atoms with Crippen LogP contribution in [0, 0.1) is 0 Å². The third kappa shape index (κ3) is 7.64. The Labute approximate surface area is 214 Å². The molecule has 0 atom stereocenters. The molecule has 3 rings (SSSR count). The number of amides is 1. The first-order chi connectivity index (χ1) is 17.2. The minimum Gasteiger partial charge on any atom is -0.508 e. The summed E-state index contributed by atoms with van der Waals surface area (Å²) >= 11 is 0. The molecule has 0 fully saturated rings. The summed E-state index contributed by atoms with van der Waals surface area (Å²) in [5, 5.41) is 12.5. The predicted molar refractivity (Wildman–Crippen MR) is 146 cm³/mol. The smallest absolute Gasteiger partial charge is 0.407 e. The number of carbonyl (C=O) groups excluding carboxylic acids is 1. The van der Waals surface area contributed by atoms with E-state index >= 15 is 0 Å². The number of carbonyl (C=O) groups is 1. The van der Waals surface area contributed by atoms with E-state index in [2.05, 4.69) is 55.6 Å². The fraction of sp³-hybridized carbons (Fsp3) is 0.323. The molecule has 0 unspecified atom stereocenters. The Morgan fingerprint density at radius 3 is 1.92 bits per heavy atom. The van der Waals surface area contributed by atoms with E-state index < -0.39 is 11.7 Å². The Hall–Kier alpha value is -3.73. The maximum atomic E-state index is 11.8. The van der Waals surface area contributed by atoms with Gasteiger partial charge in [-0.2, -0.15) is 0 Å². The van der Waals surface area contributed by atoms with Gasteiger partial charge in [0.1, 0.15) is 23.7 Å². The van der Waals surface area contributed by atoms with Gasteiger partial charge < -0.3 is 19.9 Å². The summed E-state index contributed by atoms with van der Waals surface area (Å²) in [7, 11) is 0. The van der Waals surface area contributed by atoms with Crippen LogP contribution in [-0.2, 0) is 11.2 Å². The number of benzene rings is 3. The van der Waals surface area contributed by atoms with Crippen LogP contribution in [0.1, 0.15) is 63.3 Å². The molecule has 3 aromatic carbocycles. The summed E-state index contributed by atoms with van der Waals surface area (Å²) in [6.45, 7) is 10.5. The zero-order chi connectivity index (χ0) is 26.1. The molecule has 0 spiro atoms. The van der Waals surface area contributed by atoms with Crippen molar-refractivity contribution in [3.05, 3.63) is 95.1 Å². The molecule has 5 nitrogen and oxygen atoms in total. The highest BCUT2D eigenvalue weighted by atomic mass is 16.6. The maximum Gasteiger partial charge on any atom is 0.407 e. The summed E-state index contributed by atoms with van der Waals surface area (Å²) in [4.78, 5) is 11.8. The first-order valence-electron chi connectivity index (χ1n) is 12.5. The van der Waals surface area contributed by atoms with Gasteiger partial charge in [0.2, 0.25) is 0 Å². The zero-order valence-electron chi connectivity index (χ0n) is 21.9. The van der Waals surface area contributed by atoms with E-state index in [1.807, 2.05) is 45.0 Å². The Balaban J connectivity index is 1.82. The van der Waals surface area contributed by atoms with Crippen LogP contribution in [0.25, 0.3) is 11.1 Å². The average molecular weight is 488 g/mol. The third-order valence-corrected chi connectivity index (χ3v) is 5.70. The van der Waals surface area contributed by atoms with E-state index in [4.69, 9.17) is 9.47 Å². The average Bonchev–Trinajstić information content (AvgIpc) is 2.85. The fourth-order valence-corrected chi connectivity index (χ4v) is 3.96. The van der Waals surface area contributed by atoms with Gasteiger partial charge >= 0.3 is 6.09 Å². The molecule has 0 bridgehead atoms. The Kier molecular flexibility index (Phi) is 9.18. The highest BCUT2D eigenvalue weighted by Gasteiger charge is 2.16. The molecular weight excluding hydrogens is 450 g/mol. The first kappa shape index (κ1) is 26.9. The van der Waals surface area contributed by atoms with Crippen LogP contribution in [0.4, 0.5) is 4.79 Å². The van der Waals surface area contributed by atoms with Crippen molar-refractivity contribution in [2.75, 3.05) is 13.2 Å². The van der Waals surface area contributed by atoms with Crippen LogP contribution in [0.5, 0.6) is 11.5 Å². The number of ether oxygens (including phenoxy) is 2. The van der Waals surface area contributed by atoms with E-state index in [0.29, 0.717) is 13.2 Å². The summed E-state index contributed by atoms with van der Waals surface area (Å²) in [5.74, 6) is 0.965. The number of rotatable bonds is 9. The molecule has 0 aliphatic carbocycles. The van der Waals surface area contributed by atoms with Crippen molar-refractivity contribution in [1.82, 2.24) is 5.32 Å². The standard InChI is InChI=1S/C31H37NO4/c1-6-22-8-10-23(11-9-22)28(7-2)29(24-12-16-26(33)17-13-24)25-14-18-27(19-15-25)35-21-20-32-30(34)36-31(3,4)5/h8-19,33H,6-7,20-21H2,1-5H3,(H,32,34)/b29-28-. The van der Waals surface area contributed by atoms with Crippen molar-refractivity contribution in [3.63, 3.8) is 0 Å². The highest BCUT2D eigenvalue weighted by molar-refractivity contribution is 5.98. The molecular formula is C31H37NO4. The van der Waals surface area contributed by atoms with Gasteiger partial charge in [0.15, 0.2) is 0 Å². The number of phenols is 1. The van der Waals surface area contributed by atoms with Crippen LogP contribution < -0.4 is 10.1 Å². The normalized spacial score (nSPS) is 12.0. The Morgan fingerprint density at radius 1 is 0.833 bits per heavy atom. The molecule has 0 aliphatic heterocycles. The number of hydrogen-bond donors (Lipinski definition) is 2. The summed E-state index contributed by atoms with van der Waals surface area (Å²) in [6, 6.07) is 24.1. The topological polar surface area (TPSA) is 67.8 Å². The summed E-state index contributed by atoms with van der Waals surface area (Å²) in [6.07, 6.45) is 1.41. The van der Waals surface area contributed by atoms with Crippen molar-refractivity contribution in [1.29, 1.82) is 0 Å². The van der Waals surface area contributed by atoms with Crippen molar-refractivity contribution in [2.24, 2.45) is 0 Å². The molecule has 0 heterocycles. The number of allylic oxidation sites excluding steroid dienone is 1. The van der Waals surface area contributed by atoms with Crippen molar-refractivity contribution < 1.29 is 19.4 Å². The maximum absolute atomic E-state index is 11.8. The second-order valence-corrected chi connectivity index (χ2v) is 9.61. The monoisotopic (exact) mass is 487 g/mol. The van der Waals surface area contributed by atoms with Crippen molar-refractivity contribution in [2.45, 2.75) is 53.1 Å². The highest BCUT2D eigenvalue weighted by Crippen LogP contribution is 2.35. The zero-order valence-corrected chi connectivity index (χ0v) is 21.9. The van der Waals surface area contributed by atoms with E-state index in [1.165, 1.54) is 16.7 Å². The van der Waals surface area contributed by atoms with E-state index in [9.17, 15) is 9.90 Å². The van der Waals surface area contributed by atoms with Gasteiger partial charge in [-0.1, -0.05) is 62.4 Å². The van der Waals surface area contributed by atoms with Crippen LogP contribution >= 0.6 is 0 Å². The van der Waals surface area contributed by atoms with Gasteiger partial charge in [-0.25, -0.2) is 4.79 Å². The van der Waals surface area contributed by atoms with Crippen LogP contribution in [0.2, 0.25) is 0 Å². The molecule has 0 aromatic heterocycles.